The maximum Gasteiger partial charge on any atom is 0.0770 e. The second-order valence-electron chi connectivity index (χ2n) is 6.07. The molecular weight excluding hydrogens is 459 g/mol. The van der Waals surface area contributed by atoms with E-state index >= 15 is 0 Å². The second-order valence-corrected chi connectivity index (χ2v) is 6.07. The van der Waals surface area contributed by atoms with Crippen molar-refractivity contribution < 1.29 is 65.6 Å². The number of rotatable bonds is 12. The predicted molar refractivity (Wildman–Crippen MR) is 113 cm³/mol. The molecule has 0 amide bonds. The monoisotopic (exact) mass is 506 g/mol. The quantitative estimate of drug-likeness (QED) is 0.315. The number of hydrogen-bond acceptors (Lipinski definition) is 8. The minimum Gasteiger partial charge on any atom is -0.391 e. The molecular formula is C20H48O8Zr. The molecule has 0 aromatic rings. The number of hydrogen-bond donors (Lipinski definition) is 4. The van der Waals surface area contributed by atoms with E-state index in [1.54, 1.807) is 28.4 Å². The molecule has 0 heterocycles. The Kier molecular flexibility index (Phi) is 49.6. The number of methoxy groups -OCH3 is 4. The van der Waals surface area contributed by atoms with E-state index in [0.717, 1.165) is 25.7 Å². The fourth-order valence-electron chi connectivity index (χ4n) is 1.24. The first-order chi connectivity index (χ1) is 13.2. The summed E-state index contributed by atoms with van der Waals surface area (Å²) in [4.78, 5) is 0. The average Bonchev–Trinajstić information content (AvgIpc) is 2.70. The molecule has 0 aliphatic heterocycles. The summed E-state index contributed by atoms with van der Waals surface area (Å²) in [6, 6.07) is 0. The van der Waals surface area contributed by atoms with Gasteiger partial charge in [0.1, 0.15) is 0 Å². The standard InChI is InChI=1S/4C5H12O2.Zr/c4*1-3-5(6)4-7-2;/h4*5-6H,3-4H2,1-2H3;. The number of aliphatic hydroxyl groups excluding tert-OH is 4. The van der Waals surface area contributed by atoms with Gasteiger partial charge in [-0.05, 0) is 25.7 Å². The third-order valence-electron chi connectivity index (χ3n) is 3.32. The van der Waals surface area contributed by atoms with Crippen LogP contribution in [-0.4, -0.2) is 99.7 Å². The van der Waals surface area contributed by atoms with Crippen molar-refractivity contribution >= 4 is 0 Å². The summed E-state index contributed by atoms with van der Waals surface area (Å²) in [6.07, 6.45) is 1.99. The Morgan fingerprint density at radius 2 is 0.586 bits per heavy atom. The van der Waals surface area contributed by atoms with E-state index in [9.17, 15) is 0 Å². The van der Waals surface area contributed by atoms with Crippen molar-refractivity contribution in [1.29, 1.82) is 0 Å². The molecule has 4 unspecified atom stereocenters. The van der Waals surface area contributed by atoms with Crippen molar-refractivity contribution in [2.24, 2.45) is 0 Å². The maximum atomic E-state index is 8.73. The topological polar surface area (TPSA) is 118 Å². The minimum absolute atomic E-state index is 0. The summed E-state index contributed by atoms with van der Waals surface area (Å²) >= 11 is 0. The molecule has 180 valence electrons. The Balaban J connectivity index is -0.0000000873. The smallest absolute Gasteiger partial charge is 0.0770 e. The average molecular weight is 508 g/mol. The molecule has 0 fully saturated rings. The van der Waals surface area contributed by atoms with Crippen LogP contribution in [0.5, 0.6) is 0 Å². The molecule has 4 atom stereocenters. The molecule has 0 aromatic carbocycles. The van der Waals surface area contributed by atoms with Crippen molar-refractivity contribution in [2.75, 3.05) is 54.9 Å². The third-order valence-corrected chi connectivity index (χ3v) is 3.32. The molecule has 0 saturated heterocycles. The molecule has 0 saturated carbocycles. The minimum atomic E-state index is -0.273. The van der Waals surface area contributed by atoms with Crippen LogP contribution < -0.4 is 0 Å². The van der Waals surface area contributed by atoms with Crippen LogP contribution >= 0.6 is 0 Å². The van der Waals surface area contributed by atoms with Gasteiger partial charge >= 0.3 is 0 Å². The van der Waals surface area contributed by atoms with Gasteiger partial charge in [-0.2, -0.15) is 0 Å². The van der Waals surface area contributed by atoms with Gasteiger partial charge in [0.05, 0.1) is 50.8 Å². The fraction of sp³-hybridized carbons (Fsp3) is 1.00. The van der Waals surface area contributed by atoms with Crippen molar-refractivity contribution in [1.82, 2.24) is 0 Å². The molecule has 0 spiro atoms. The predicted octanol–water partition coefficient (Wildman–Crippen LogP) is 1.61. The molecule has 9 heteroatoms. The van der Waals surface area contributed by atoms with E-state index in [-0.39, 0.29) is 50.6 Å². The van der Waals surface area contributed by atoms with Gasteiger partial charge in [-0.1, -0.05) is 27.7 Å². The van der Waals surface area contributed by atoms with Gasteiger partial charge in [-0.3, -0.25) is 0 Å². The van der Waals surface area contributed by atoms with Gasteiger partial charge in [0.2, 0.25) is 0 Å². The first kappa shape index (κ1) is 40.0. The van der Waals surface area contributed by atoms with E-state index in [4.69, 9.17) is 20.4 Å². The molecule has 0 aliphatic carbocycles. The molecule has 0 aromatic heterocycles. The van der Waals surface area contributed by atoms with Gasteiger partial charge in [0.15, 0.2) is 0 Å². The van der Waals surface area contributed by atoms with Crippen molar-refractivity contribution in [2.45, 2.75) is 77.8 Å². The van der Waals surface area contributed by atoms with E-state index in [1.165, 1.54) is 0 Å². The Bertz CT molecular complexity index is 203. The van der Waals surface area contributed by atoms with Crippen molar-refractivity contribution in [3.05, 3.63) is 0 Å². The summed E-state index contributed by atoms with van der Waals surface area (Å²) in [5.41, 5.74) is 0. The molecule has 0 rings (SSSR count). The Morgan fingerprint density at radius 3 is 0.621 bits per heavy atom. The van der Waals surface area contributed by atoms with E-state index in [0.29, 0.717) is 26.4 Å². The van der Waals surface area contributed by atoms with Crippen LogP contribution in [0.1, 0.15) is 53.4 Å². The van der Waals surface area contributed by atoms with Crippen LogP contribution in [0.15, 0.2) is 0 Å². The van der Waals surface area contributed by atoms with Crippen molar-refractivity contribution in [3.63, 3.8) is 0 Å². The van der Waals surface area contributed by atoms with Crippen LogP contribution in [0.3, 0.4) is 0 Å². The van der Waals surface area contributed by atoms with Gasteiger partial charge in [0, 0.05) is 54.6 Å². The molecule has 8 nitrogen and oxygen atoms in total. The molecule has 29 heavy (non-hydrogen) atoms. The zero-order chi connectivity index (χ0) is 22.8. The normalized spacial score (nSPS) is 13.7. The van der Waals surface area contributed by atoms with E-state index < -0.39 is 0 Å². The first-order valence-corrected chi connectivity index (χ1v) is 9.91. The van der Waals surface area contributed by atoms with E-state index in [1.807, 2.05) is 27.7 Å². The Morgan fingerprint density at radius 1 is 0.448 bits per heavy atom. The first-order valence-electron chi connectivity index (χ1n) is 9.91. The summed E-state index contributed by atoms with van der Waals surface area (Å²) < 4.78 is 18.6. The summed E-state index contributed by atoms with van der Waals surface area (Å²) in [5, 5.41) is 34.9. The van der Waals surface area contributed by atoms with Crippen LogP contribution in [0, 0.1) is 0 Å². The zero-order valence-corrected chi connectivity index (χ0v) is 22.3. The number of ether oxygens (including phenoxy) is 4. The molecule has 0 bridgehead atoms. The Labute approximate surface area is 198 Å². The maximum absolute atomic E-state index is 8.73. The fourth-order valence-corrected chi connectivity index (χ4v) is 1.24. The van der Waals surface area contributed by atoms with Crippen LogP contribution in [0.2, 0.25) is 0 Å². The molecule has 0 aliphatic rings. The van der Waals surface area contributed by atoms with Gasteiger partial charge in [-0.25, -0.2) is 0 Å². The SMILES string of the molecule is CCC(O)COC.CCC(O)COC.CCC(O)COC.CCC(O)COC.[Zr]. The number of aliphatic hydroxyl groups is 4. The molecule has 4 N–H and O–H groups in total. The van der Waals surface area contributed by atoms with Crippen LogP contribution in [0.25, 0.3) is 0 Å². The van der Waals surface area contributed by atoms with Crippen molar-refractivity contribution in [3.8, 4) is 0 Å². The van der Waals surface area contributed by atoms with Gasteiger partial charge in [0.25, 0.3) is 0 Å². The third kappa shape index (κ3) is 47.7. The van der Waals surface area contributed by atoms with Gasteiger partial charge in [-0.15, -0.1) is 0 Å². The zero-order valence-electron chi connectivity index (χ0n) is 19.9. The summed E-state index contributed by atoms with van der Waals surface area (Å²) in [6.45, 7) is 9.50. The Hall–Kier alpha value is 0.563. The van der Waals surface area contributed by atoms with Gasteiger partial charge < -0.3 is 39.4 Å². The summed E-state index contributed by atoms with van der Waals surface area (Å²) in [5.74, 6) is 0. The summed E-state index contributed by atoms with van der Waals surface area (Å²) in [7, 11) is 6.33. The van der Waals surface area contributed by atoms with Crippen LogP contribution in [-0.2, 0) is 45.2 Å². The van der Waals surface area contributed by atoms with E-state index in [2.05, 4.69) is 18.9 Å². The molecule has 0 radical (unpaired) electrons. The largest absolute Gasteiger partial charge is 0.391 e. The van der Waals surface area contributed by atoms with Crippen LogP contribution in [0.4, 0.5) is 0 Å². The second kappa shape index (κ2) is 36.0.